The standard InChI is InChI=1S/C17H24N6O2/c1-6-17(24)22-12-9-13(21-11-16(18)20-3)15(25-5)10-14(12)23(4)8-7-19-2/h6,9-11,18-19H,1,3,7-8H2,2,4-5H3,(H,22,24)/p+1. The number of ether oxygens (including phenoxy) is 1. The van der Waals surface area contributed by atoms with Gasteiger partial charge in [-0.05, 0) is 18.9 Å². The van der Waals surface area contributed by atoms with E-state index >= 15 is 0 Å². The van der Waals surface area contributed by atoms with E-state index in [9.17, 15) is 4.79 Å². The molecule has 0 spiro atoms. The van der Waals surface area contributed by atoms with E-state index in [1.165, 1.54) is 19.4 Å². The van der Waals surface area contributed by atoms with Gasteiger partial charge in [-0.1, -0.05) is 6.58 Å². The van der Waals surface area contributed by atoms with E-state index in [0.717, 1.165) is 18.8 Å². The number of hydrogen-bond donors (Lipinski definition) is 3. The SMILES string of the molecule is C=CC(=O)Nc1cc(N=CC(=N)N=C)c(OC)cc1N(C)CC[NH2+]C. The Balaban J connectivity index is 3.36. The van der Waals surface area contributed by atoms with E-state index in [0.29, 0.717) is 17.1 Å². The molecule has 0 fully saturated rings. The highest BCUT2D eigenvalue weighted by Gasteiger charge is 2.15. The second-order valence-electron chi connectivity index (χ2n) is 5.15. The Bertz CT molecular complexity index is 684. The van der Waals surface area contributed by atoms with Crippen LogP contribution < -0.4 is 20.3 Å². The maximum atomic E-state index is 11.8. The van der Waals surface area contributed by atoms with Crippen molar-refractivity contribution in [1.29, 1.82) is 5.41 Å². The van der Waals surface area contributed by atoms with Gasteiger partial charge in [0, 0.05) is 13.1 Å². The summed E-state index contributed by atoms with van der Waals surface area (Å²) in [6, 6.07) is 3.49. The van der Waals surface area contributed by atoms with Crippen molar-refractivity contribution in [3.05, 3.63) is 24.8 Å². The maximum absolute atomic E-state index is 11.8. The summed E-state index contributed by atoms with van der Waals surface area (Å²) in [6.45, 7) is 8.43. The zero-order valence-electron chi connectivity index (χ0n) is 14.9. The van der Waals surface area contributed by atoms with Crippen LogP contribution in [0.25, 0.3) is 0 Å². The topological polar surface area (TPSA) is 107 Å². The van der Waals surface area contributed by atoms with E-state index < -0.39 is 0 Å². The first-order valence-electron chi connectivity index (χ1n) is 7.70. The first-order valence-corrected chi connectivity index (χ1v) is 7.70. The average Bonchev–Trinajstić information content (AvgIpc) is 2.63. The summed E-state index contributed by atoms with van der Waals surface area (Å²) < 4.78 is 5.40. The van der Waals surface area contributed by atoms with Crippen LogP contribution >= 0.6 is 0 Å². The second-order valence-corrected chi connectivity index (χ2v) is 5.15. The quantitative estimate of drug-likeness (QED) is 0.350. The van der Waals surface area contributed by atoms with Crippen molar-refractivity contribution in [3.8, 4) is 5.75 Å². The molecule has 0 aliphatic carbocycles. The van der Waals surface area contributed by atoms with Crippen LogP contribution in [-0.4, -0.2) is 59.0 Å². The molecule has 134 valence electrons. The van der Waals surface area contributed by atoms with Gasteiger partial charge in [0.1, 0.15) is 11.4 Å². The lowest BCUT2D eigenvalue weighted by atomic mass is 10.2. The normalized spacial score (nSPS) is 10.4. The second kappa shape index (κ2) is 9.99. The smallest absolute Gasteiger partial charge is 0.247 e. The molecular weight excluding hydrogens is 320 g/mol. The molecule has 0 atom stereocenters. The fourth-order valence-electron chi connectivity index (χ4n) is 2.04. The van der Waals surface area contributed by atoms with Crippen LogP contribution in [0.2, 0.25) is 0 Å². The van der Waals surface area contributed by atoms with Crippen LogP contribution in [-0.2, 0) is 4.79 Å². The van der Waals surface area contributed by atoms with Crippen LogP contribution in [0, 0.1) is 5.41 Å². The lowest BCUT2D eigenvalue weighted by Crippen LogP contribution is -2.81. The Morgan fingerprint density at radius 3 is 2.80 bits per heavy atom. The van der Waals surface area contributed by atoms with E-state index in [-0.39, 0.29) is 11.7 Å². The molecule has 0 bridgehead atoms. The van der Waals surface area contributed by atoms with E-state index in [1.54, 1.807) is 12.1 Å². The Morgan fingerprint density at radius 2 is 2.24 bits per heavy atom. The summed E-state index contributed by atoms with van der Waals surface area (Å²) in [7, 11) is 5.47. The Morgan fingerprint density at radius 1 is 1.52 bits per heavy atom. The third kappa shape index (κ3) is 5.85. The number of nitrogens with zero attached hydrogens (tertiary/aromatic N) is 3. The number of likely N-dealkylation sites (N-methyl/N-ethyl adjacent to an activating group) is 2. The highest BCUT2D eigenvalue weighted by atomic mass is 16.5. The minimum Gasteiger partial charge on any atom is -0.494 e. The minimum atomic E-state index is -0.322. The van der Waals surface area contributed by atoms with Gasteiger partial charge in [0.25, 0.3) is 0 Å². The number of carbonyl (C=O) groups excluding carboxylic acids is 1. The Labute approximate surface area is 147 Å². The van der Waals surface area contributed by atoms with Crippen LogP contribution in [0.3, 0.4) is 0 Å². The number of amides is 1. The Hall–Kier alpha value is -3.00. The summed E-state index contributed by atoms with van der Waals surface area (Å²) in [6.07, 6.45) is 2.47. The molecule has 1 aromatic carbocycles. The van der Waals surface area contributed by atoms with Crippen molar-refractivity contribution in [2.75, 3.05) is 44.5 Å². The van der Waals surface area contributed by atoms with Gasteiger partial charge in [0.2, 0.25) is 5.91 Å². The van der Waals surface area contributed by atoms with E-state index in [4.69, 9.17) is 10.1 Å². The number of methoxy groups -OCH3 is 1. The molecule has 0 aliphatic heterocycles. The predicted molar refractivity (Wildman–Crippen MR) is 103 cm³/mol. The molecular formula is C17H25N6O2+. The molecule has 1 rings (SSSR count). The number of hydrogen-bond acceptors (Lipinski definition) is 5. The summed E-state index contributed by atoms with van der Waals surface area (Å²) in [4.78, 5) is 21.4. The van der Waals surface area contributed by atoms with Gasteiger partial charge in [0.15, 0.2) is 5.84 Å². The molecule has 0 heterocycles. The molecule has 0 saturated carbocycles. The van der Waals surface area contributed by atoms with Crippen molar-refractivity contribution in [2.45, 2.75) is 0 Å². The van der Waals surface area contributed by atoms with Crippen molar-refractivity contribution in [3.63, 3.8) is 0 Å². The molecule has 8 nitrogen and oxygen atoms in total. The van der Waals surface area contributed by atoms with Gasteiger partial charge in [0.05, 0.1) is 44.8 Å². The minimum absolute atomic E-state index is 0.0709. The van der Waals surface area contributed by atoms with Gasteiger partial charge in [-0.3, -0.25) is 10.2 Å². The highest BCUT2D eigenvalue weighted by Crippen LogP contribution is 2.38. The average molecular weight is 345 g/mol. The molecule has 0 aliphatic rings. The van der Waals surface area contributed by atoms with Crippen LogP contribution in [0.15, 0.2) is 34.8 Å². The van der Waals surface area contributed by atoms with Crippen LogP contribution in [0.4, 0.5) is 17.1 Å². The highest BCUT2D eigenvalue weighted by molar-refractivity contribution is 6.29. The van der Waals surface area contributed by atoms with Crippen molar-refractivity contribution >= 4 is 41.7 Å². The fraction of sp³-hybridized carbons (Fsp3) is 0.294. The number of rotatable bonds is 9. The zero-order chi connectivity index (χ0) is 18.8. The Kier molecular flexibility index (Phi) is 8.01. The van der Waals surface area contributed by atoms with Gasteiger partial charge >= 0.3 is 0 Å². The molecule has 0 unspecified atom stereocenters. The summed E-state index contributed by atoms with van der Waals surface area (Å²) in [5.74, 6) is 0.128. The molecule has 1 aromatic rings. The van der Waals surface area contributed by atoms with Crippen molar-refractivity contribution in [2.24, 2.45) is 9.98 Å². The molecule has 25 heavy (non-hydrogen) atoms. The number of benzene rings is 1. The monoisotopic (exact) mass is 345 g/mol. The van der Waals surface area contributed by atoms with E-state index in [1.807, 2.05) is 19.0 Å². The molecule has 4 N–H and O–H groups in total. The number of aliphatic imine (C=N–C) groups is 2. The number of nitrogens with two attached hydrogens (primary N) is 1. The molecule has 1 amide bonds. The first-order chi connectivity index (χ1) is 12.0. The van der Waals surface area contributed by atoms with Crippen molar-refractivity contribution in [1.82, 2.24) is 0 Å². The van der Waals surface area contributed by atoms with Gasteiger partial charge in [-0.25, -0.2) is 9.98 Å². The van der Waals surface area contributed by atoms with Crippen molar-refractivity contribution < 1.29 is 14.8 Å². The summed E-state index contributed by atoms with van der Waals surface area (Å²) in [5.41, 5.74) is 1.84. The number of anilines is 2. The number of amidine groups is 1. The maximum Gasteiger partial charge on any atom is 0.247 e. The largest absolute Gasteiger partial charge is 0.494 e. The van der Waals surface area contributed by atoms with Gasteiger partial charge < -0.3 is 20.3 Å². The molecule has 0 saturated heterocycles. The molecule has 0 aromatic heterocycles. The van der Waals surface area contributed by atoms with Gasteiger partial charge in [-0.2, -0.15) is 0 Å². The van der Waals surface area contributed by atoms with E-state index in [2.05, 4.69) is 33.9 Å². The fourth-order valence-corrected chi connectivity index (χ4v) is 2.04. The lowest BCUT2D eigenvalue weighted by Gasteiger charge is -2.23. The number of nitrogens with one attached hydrogen (secondary N) is 2. The third-order valence-electron chi connectivity index (χ3n) is 3.40. The summed E-state index contributed by atoms with van der Waals surface area (Å²) in [5, 5.41) is 12.3. The first kappa shape index (κ1) is 20.0. The third-order valence-corrected chi connectivity index (χ3v) is 3.40. The number of quaternary nitrogens is 1. The number of carbonyl (C=O) groups is 1. The molecule has 8 heteroatoms. The lowest BCUT2D eigenvalue weighted by molar-refractivity contribution is -0.624. The predicted octanol–water partition coefficient (Wildman–Crippen LogP) is 0.829. The van der Waals surface area contributed by atoms with Crippen LogP contribution in [0.5, 0.6) is 5.75 Å². The zero-order valence-corrected chi connectivity index (χ0v) is 14.9. The summed E-state index contributed by atoms with van der Waals surface area (Å²) >= 11 is 0. The van der Waals surface area contributed by atoms with Crippen LogP contribution in [0.1, 0.15) is 0 Å². The molecule has 0 radical (unpaired) electrons. The van der Waals surface area contributed by atoms with Gasteiger partial charge in [-0.15, -0.1) is 0 Å².